The number of hydrogen-bond acceptors (Lipinski definition) is 0. The lowest BCUT2D eigenvalue weighted by molar-refractivity contribution is 5.75. The molecule has 0 amide bonds. The van der Waals surface area contributed by atoms with E-state index < -0.39 is 0 Å². The Bertz CT molecular complexity index is 0. The predicted octanol–water partition coefficient (Wildman–Crippen LogP) is -3.43. The molecule has 0 aliphatic carbocycles. The minimum absolute atomic E-state index is 0. The fourth-order valence-corrected chi connectivity index (χ4v) is 0. The molecule has 0 heterocycles. The van der Waals surface area contributed by atoms with Crippen molar-refractivity contribution in [2.24, 2.45) is 0 Å². The minimum Gasteiger partial charge on any atom is 0 e. The lowest BCUT2D eigenvalue weighted by atomic mass is 10.8. The molecule has 9 heteroatoms. The second-order valence-corrected chi connectivity index (χ2v) is 0. The minimum atomic E-state index is 0. The van der Waals surface area contributed by atoms with E-state index in [-0.39, 0.29) is 75.7 Å². The molecule has 0 N–H and O–H groups in total. The van der Waals surface area contributed by atoms with Gasteiger partial charge in [0.1, 0.15) is 0 Å². The van der Waals surface area contributed by atoms with E-state index in [1.54, 1.807) is 0 Å². The van der Waals surface area contributed by atoms with Crippen LogP contribution in [0.4, 0.5) is 0 Å². The Morgan fingerprint density at radius 2 is 0.111 bits per heavy atom. The normalized spacial score (nSPS) is 0. The van der Waals surface area contributed by atoms with Gasteiger partial charge in [-0.15, -0.1) is 0 Å². The monoisotopic (exact) mass is 99.1 g/mol. The zero-order valence-electron chi connectivity index (χ0n) is 5.20. The summed E-state index contributed by atoms with van der Waals surface area (Å²) >= 11 is 0. The maximum absolute atomic E-state index is 0. The standard InChI is InChI=1S/9B. The van der Waals surface area contributed by atoms with E-state index in [9.17, 15) is 0 Å². The summed E-state index contributed by atoms with van der Waals surface area (Å²) in [5.41, 5.74) is 0. The Morgan fingerprint density at radius 3 is 0.111 bits per heavy atom. The molecule has 0 aromatic carbocycles. The Kier molecular flexibility index (Phi) is 332000. The van der Waals surface area contributed by atoms with Gasteiger partial charge in [0.15, 0.2) is 0 Å². The smallest absolute Gasteiger partial charge is 0 e. The van der Waals surface area contributed by atoms with Gasteiger partial charge >= 0.3 is 0 Å². The van der Waals surface area contributed by atoms with E-state index in [4.69, 9.17) is 0 Å². The highest BCUT2D eigenvalue weighted by atomic mass is 10.8. The van der Waals surface area contributed by atoms with Crippen LogP contribution in [0, 0.1) is 0 Å². The Balaban J connectivity index is 0. The van der Waals surface area contributed by atoms with Crippen LogP contribution < -0.4 is 0 Å². The third-order valence-corrected chi connectivity index (χ3v) is 0. The lowest BCUT2D eigenvalue weighted by Gasteiger charge is -0.00100. The summed E-state index contributed by atoms with van der Waals surface area (Å²) in [7, 11) is 0. The molecular weight excluding hydrogens is 97.3 g/mol. The van der Waals surface area contributed by atoms with Crippen molar-refractivity contribution in [1.82, 2.24) is 0 Å². The van der Waals surface area contributed by atoms with Crippen molar-refractivity contribution in [2.45, 2.75) is 0 Å². The van der Waals surface area contributed by atoms with E-state index in [0.29, 0.717) is 0 Å². The summed E-state index contributed by atoms with van der Waals surface area (Å²) in [6, 6.07) is 0. The van der Waals surface area contributed by atoms with Crippen LogP contribution in [-0.2, 0) is 0 Å². The summed E-state index contributed by atoms with van der Waals surface area (Å²) in [4.78, 5) is 0. The van der Waals surface area contributed by atoms with Gasteiger partial charge in [0.2, 0.25) is 0 Å². The van der Waals surface area contributed by atoms with Crippen molar-refractivity contribution in [3.05, 3.63) is 0 Å². The lowest BCUT2D eigenvalue weighted by Crippen LogP contribution is -0.382. The summed E-state index contributed by atoms with van der Waals surface area (Å²) < 4.78 is 0. The van der Waals surface area contributed by atoms with E-state index in [2.05, 4.69) is 0 Å². The molecule has 0 spiro atoms. The van der Waals surface area contributed by atoms with Crippen LogP contribution in [-0.4, -0.2) is 75.7 Å². The Morgan fingerprint density at radius 1 is 0.111 bits per heavy atom. The van der Waals surface area contributed by atoms with Crippen molar-refractivity contribution >= 4 is 75.7 Å². The van der Waals surface area contributed by atoms with Gasteiger partial charge in [-0.25, -0.2) is 0 Å². The fourth-order valence-electron chi connectivity index (χ4n) is 0. The molecule has 27 radical (unpaired) electrons. The van der Waals surface area contributed by atoms with Crippen molar-refractivity contribution in [1.29, 1.82) is 0 Å². The molecule has 27 valence electrons. The van der Waals surface area contributed by atoms with Gasteiger partial charge in [0.25, 0.3) is 0 Å². The largest absolute Gasteiger partial charge is 0 e. The highest BCUT2D eigenvalue weighted by molar-refractivity contribution is 5.76. The van der Waals surface area contributed by atoms with E-state index in [1.165, 1.54) is 0 Å². The van der Waals surface area contributed by atoms with E-state index in [1.807, 2.05) is 0 Å². The molecule has 0 aromatic heterocycles. The highest BCUT2D eigenvalue weighted by Crippen LogP contribution is -0.373. The van der Waals surface area contributed by atoms with E-state index >= 15 is 0 Å². The number of hydrogen-bond donors (Lipinski definition) is 0. The van der Waals surface area contributed by atoms with Gasteiger partial charge in [0.05, 0.1) is 0 Å². The second-order valence-electron chi connectivity index (χ2n) is 0. The molecule has 9 heavy (non-hydrogen) atoms. The van der Waals surface area contributed by atoms with Gasteiger partial charge in [-0.1, -0.05) is 0 Å². The highest BCUT2D eigenvalue weighted by Gasteiger charge is 0.00800. The van der Waals surface area contributed by atoms with Crippen LogP contribution >= 0.6 is 0 Å². The first-order valence-corrected chi connectivity index (χ1v) is 0. The molecule has 0 unspecified atom stereocenters. The average Bonchev–Trinajstić information content (AvgIpc) is 0. The third kappa shape index (κ3) is 1090. The third-order valence-electron chi connectivity index (χ3n) is 0. The molecular formula is B9. The van der Waals surface area contributed by atoms with Crippen molar-refractivity contribution < 1.29 is 0 Å². The molecule has 0 saturated heterocycles. The zero-order chi connectivity index (χ0) is 0. The van der Waals surface area contributed by atoms with Gasteiger partial charge in [-0.05, 0) is 0 Å². The summed E-state index contributed by atoms with van der Waals surface area (Å²) in [6.45, 7) is 0. The number of rotatable bonds is 0. The molecule has 0 fully saturated rings. The van der Waals surface area contributed by atoms with E-state index in [0.717, 1.165) is 0 Å². The SMILES string of the molecule is [B].[B].[B].[B].[B].[B].[B].[B].[B]. The molecule has 0 bridgehead atoms. The van der Waals surface area contributed by atoms with Gasteiger partial charge in [-0.3, -0.25) is 0 Å². The van der Waals surface area contributed by atoms with Crippen molar-refractivity contribution in [3.63, 3.8) is 0 Å². The molecule has 0 saturated carbocycles. The quantitative estimate of drug-likeness (QED) is 0.276. The molecule has 0 aromatic rings. The molecule has 0 atom stereocenters. The molecule has 0 nitrogen and oxygen atoms in total. The summed E-state index contributed by atoms with van der Waals surface area (Å²) in [5, 5.41) is 0. The summed E-state index contributed by atoms with van der Waals surface area (Å²) in [5.74, 6) is 0. The maximum Gasteiger partial charge on any atom is 0 e. The van der Waals surface area contributed by atoms with Gasteiger partial charge in [-0.2, -0.15) is 0 Å². The van der Waals surface area contributed by atoms with Crippen LogP contribution in [0.3, 0.4) is 0 Å². The fraction of sp³-hybridized carbons (Fsp3) is 0. The van der Waals surface area contributed by atoms with Crippen LogP contribution in [0.2, 0.25) is 0 Å². The predicted molar refractivity (Wildman–Crippen MR) is 51.8 cm³/mol. The summed E-state index contributed by atoms with van der Waals surface area (Å²) in [6.07, 6.45) is 0. The average molecular weight is 97.3 g/mol. The van der Waals surface area contributed by atoms with Crippen molar-refractivity contribution in [2.75, 3.05) is 0 Å². The molecule has 0 rings (SSSR count). The van der Waals surface area contributed by atoms with Gasteiger partial charge < -0.3 is 0 Å². The molecule has 0 aliphatic heterocycles. The first-order valence-electron chi connectivity index (χ1n) is 0. The second kappa shape index (κ2) is 1450. The first kappa shape index (κ1) is 2070. The molecule has 0 aliphatic rings. The first-order chi connectivity index (χ1) is 0. The Labute approximate surface area is 76.3 Å². The zero-order valence-corrected chi connectivity index (χ0v) is 5.20. The Hall–Kier alpha value is 0.584. The van der Waals surface area contributed by atoms with Crippen LogP contribution in [0.25, 0.3) is 0 Å². The van der Waals surface area contributed by atoms with Crippen molar-refractivity contribution in [3.8, 4) is 0 Å². The maximum atomic E-state index is 0. The van der Waals surface area contributed by atoms with Crippen LogP contribution in [0.5, 0.6) is 0 Å². The van der Waals surface area contributed by atoms with Gasteiger partial charge in [0, 0.05) is 75.7 Å². The topological polar surface area (TPSA) is 0 Å². The van der Waals surface area contributed by atoms with Crippen LogP contribution in [0.1, 0.15) is 0 Å². The van der Waals surface area contributed by atoms with Crippen LogP contribution in [0.15, 0.2) is 0 Å².